The second-order valence-corrected chi connectivity index (χ2v) is 6.52. The quantitative estimate of drug-likeness (QED) is 0.766. The number of nitrogens with zero attached hydrogens (tertiary/aromatic N) is 1. The van der Waals surface area contributed by atoms with E-state index in [0.717, 1.165) is 12.3 Å². The molecule has 2 aliphatic heterocycles. The molecular formula is C14H23NO3. The first-order valence-corrected chi connectivity index (χ1v) is 7.10. The van der Waals surface area contributed by atoms with E-state index in [9.17, 15) is 4.79 Å². The standard InChI is InChI=1S/C14H23NO3/c1-14(2)9-15(11-7-17-8-12(11)18-14)13(16)6-5-10-3-4-10/h10-12H,3-9H2,1-2H3/t11-,12-/m1/s1. The molecule has 0 aromatic carbocycles. The molecule has 1 saturated carbocycles. The Morgan fingerprint density at radius 3 is 2.83 bits per heavy atom. The van der Waals surface area contributed by atoms with Crippen LogP contribution in [0.4, 0.5) is 0 Å². The van der Waals surface area contributed by atoms with Crippen LogP contribution < -0.4 is 0 Å². The lowest BCUT2D eigenvalue weighted by Crippen LogP contribution is -2.60. The molecule has 1 amide bonds. The fourth-order valence-corrected chi connectivity index (χ4v) is 3.05. The van der Waals surface area contributed by atoms with Gasteiger partial charge in [0, 0.05) is 13.0 Å². The van der Waals surface area contributed by atoms with E-state index in [-0.39, 0.29) is 17.7 Å². The molecule has 0 aromatic rings. The summed E-state index contributed by atoms with van der Waals surface area (Å²) in [5, 5.41) is 0. The molecular weight excluding hydrogens is 230 g/mol. The molecule has 0 unspecified atom stereocenters. The monoisotopic (exact) mass is 253 g/mol. The first-order chi connectivity index (χ1) is 8.55. The highest BCUT2D eigenvalue weighted by atomic mass is 16.6. The van der Waals surface area contributed by atoms with Crippen molar-refractivity contribution in [3.63, 3.8) is 0 Å². The largest absolute Gasteiger partial charge is 0.376 e. The van der Waals surface area contributed by atoms with Crippen molar-refractivity contribution in [1.82, 2.24) is 4.90 Å². The maximum Gasteiger partial charge on any atom is 0.223 e. The van der Waals surface area contributed by atoms with Crippen LogP contribution >= 0.6 is 0 Å². The average molecular weight is 253 g/mol. The predicted molar refractivity (Wildman–Crippen MR) is 67.2 cm³/mol. The molecule has 0 radical (unpaired) electrons. The van der Waals surface area contributed by atoms with Crippen LogP contribution in [0.25, 0.3) is 0 Å². The summed E-state index contributed by atoms with van der Waals surface area (Å²) in [6.07, 6.45) is 4.46. The second kappa shape index (κ2) is 4.49. The lowest BCUT2D eigenvalue weighted by molar-refractivity contribution is -0.169. The summed E-state index contributed by atoms with van der Waals surface area (Å²) in [5.41, 5.74) is -0.246. The SMILES string of the molecule is CC1(C)CN(C(=O)CCC2CC2)[C@@H]2COC[C@H]2O1. The van der Waals surface area contributed by atoms with Gasteiger partial charge in [-0.1, -0.05) is 12.8 Å². The van der Waals surface area contributed by atoms with E-state index in [1.807, 2.05) is 4.90 Å². The number of carbonyl (C=O) groups excluding carboxylic acids is 1. The van der Waals surface area contributed by atoms with Gasteiger partial charge in [-0.25, -0.2) is 0 Å². The molecule has 3 aliphatic rings. The summed E-state index contributed by atoms with van der Waals surface area (Å²) in [6.45, 7) is 6.07. The minimum absolute atomic E-state index is 0.0682. The fourth-order valence-electron chi connectivity index (χ4n) is 3.05. The third kappa shape index (κ3) is 2.54. The molecule has 1 aliphatic carbocycles. The van der Waals surface area contributed by atoms with E-state index in [0.29, 0.717) is 32.1 Å². The zero-order chi connectivity index (χ0) is 12.8. The molecule has 2 saturated heterocycles. The predicted octanol–water partition coefficient (Wildman–Crippen LogP) is 1.58. The summed E-state index contributed by atoms with van der Waals surface area (Å²) in [5.74, 6) is 1.11. The first-order valence-electron chi connectivity index (χ1n) is 7.10. The van der Waals surface area contributed by atoms with E-state index in [2.05, 4.69) is 13.8 Å². The first kappa shape index (κ1) is 12.4. The maximum absolute atomic E-state index is 12.4. The highest BCUT2D eigenvalue weighted by Crippen LogP contribution is 2.35. The van der Waals surface area contributed by atoms with Gasteiger partial charge < -0.3 is 14.4 Å². The molecule has 102 valence electrons. The van der Waals surface area contributed by atoms with E-state index in [1.54, 1.807) is 0 Å². The molecule has 0 aromatic heterocycles. The summed E-state index contributed by atoms with van der Waals surface area (Å²) in [7, 11) is 0. The number of hydrogen-bond donors (Lipinski definition) is 0. The number of ether oxygens (including phenoxy) is 2. The fraction of sp³-hybridized carbons (Fsp3) is 0.929. The van der Waals surface area contributed by atoms with E-state index in [4.69, 9.17) is 9.47 Å². The van der Waals surface area contributed by atoms with Crippen LogP contribution in [0.3, 0.4) is 0 Å². The van der Waals surface area contributed by atoms with Crippen LogP contribution in [0.5, 0.6) is 0 Å². The minimum atomic E-state index is -0.246. The number of morpholine rings is 1. The van der Waals surface area contributed by atoms with Gasteiger partial charge in [0.05, 0.1) is 24.9 Å². The van der Waals surface area contributed by atoms with Crippen LogP contribution in [0.2, 0.25) is 0 Å². The lowest BCUT2D eigenvalue weighted by Gasteiger charge is -2.45. The number of amides is 1. The van der Waals surface area contributed by atoms with Gasteiger partial charge in [0.15, 0.2) is 0 Å². The van der Waals surface area contributed by atoms with E-state index >= 15 is 0 Å². The van der Waals surface area contributed by atoms with Crippen molar-refractivity contribution in [3.05, 3.63) is 0 Å². The molecule has 18 heavy (non-hydrogen) atoms. The van der Waals surface area contributed by atoms with Gasteiger partial charge in [0.2, 0.25) is 5.91 Å². The van der Waals surface area contributed by atoms with Gasteiger partial charge in [-0.3, -0.25) is 4.79 Å². The van der Waals surface area contributed by atoms with Crippen molar-refractivity contribution in [3.8, 4) is 0 Å². The molecule has 0 N–H and O–H groups in total. The van der Waals surface area contributed by atoms with Crippen molar-refractivity contribution in [1.29, 1.82) is 0 Å². The van der Waals surface area contributed by atoms with Gasteiger partial charge in [0.25, 0.3) is 0 Å². The van der Waals surface area contributed by atoms with Crippen LogP contribution in [-0.4, -0.2) is 48.3 Å². The number of fused-ring (bicyclic) bond motifs is 1. The third-order valence-corrected chi connectivity index (χ3v) is 4.21. The Bertz CT molecular complexity index is 338. The van der Waals surface area contributed by atoms with Gasteiger partial charge in [-0.15, -0.1) is 0 Å². The zero-order valence-electron chi connectivity index (χ0n) is 11.4. The average Bonchev–Trinajstić information content (AvgIpc) is 3.02. The number of rotatable bonds is 3. The molecule has 2 heterocycles. The minimum Gasteiger partial charge on any atom is -0.376 e. The molecule has 0 spiro atoms. The molecule has 4 heteroatoms. The molecule has 3 rings (SSSR count). The van der Waals surface area contributed by atoms with Crippen molar-refractivity contribution in [2.45, 2.75) is 57.3 Å². The van der Waals surface area contributed by atoms with Crippen LogP contribution in [-0.2, 0) is 14.3 Å². The summed E-state index contributed by atoms with van der Waals surface area (Å²) in [6, 6.07) is 0.143. The normalized spacial score (nSPS) is 34.4. The van der Waals surface area contributed by atoms with Crippen LogP contribution in [0, 0.1) is 5.92 Å². The van der Waals surface area contributed by atoms with Crippen molar-refractivity contribution >= 4 is 5.91 Å². The van der Waals surface area contributed by atoms with Crippen LogP contribution in [0.15, 0.2) is 0 Å². The topological polar surface area (TPSA) is 38.8 Å². The van der Waals surface area contributed by atoms with Gasteiger partial charge >= 0.3 is 0 Å². The summed E-state index contributed by atoms with van der Waals surface area (Å²) >= 11 is 0. The molecule has 3 fully saturated rings. The zero-order valence-corrected chi connectivity index (χ0v) is 11.4. The van der Waals surface area contributed by atoms with Crippen molar-refractivity contribution in [2.75, 3.05) is 19.8 Å². The molecule has 0 bridgehead atoms. The molecule has 4 nitrogen and oxygen atoms in total. The van der Waals surface area contributed by atoms with Crippen molar-refractivity contribution in [2.24, 2.45) is 5.92 Å². The van der Waals surface area contributed by atoms with E-state index in [1.165, 1.54) is 12.8 Å². The smallest absolute Gasteiger partial charge is 0.223 e. The summed E-state index contributed by atoms with van der Waals surface area (Å²) < 4.78 is 11.5. The third-order valence-electron chi connectivity index (χ3n) is 4.21. The lowest BCUT2D eigenvalue weighted by atomic mass is 10.00. The van der Waals surface area contributed by atoms with Crippen LogP contribution in [0.1, 0.15) is 39.5 Å². The Hall–Kier alpha value is -0.610. The Labute approximate surface area is 109 Å². The summed E-state index contributed by atoms with van der Waals surface area (Å²) in [4.78, 5) is 14.4. The maximum atomic E-state index is 12.4. The Morgan fingerprint density at radius 1 is 1.33 bits per heavy atom. The highest BCUT2D eigenvalue weighted by Gasteiger charge is 2.45. The van der Waals surface area contributed by atoms with Gasteiger partial charge in [0.1, 0.15) is 6.10 Å². The van der Waals surface area contributed by atoms with Gasteiger partial charge in [-0.2, -0.15) is 0 Å². The van der Waals surface area contributed by atoms with E-state index < -0.39 is 0 Å². The Kier molecular flexibility index (Phi) is 3.10. The number of carbonyl (C=O) groups is 1. The highest BCUT2D eigenvalue weighted by molar-refractivity contribution is 5.77. The number of hydrogen-bond acceptors (Lipinski definition) is 3. The Balaban J connectivity index is 1.65. The second-order valence-electron chi connectivity index (χ2n) is 6.52. The van der Waals surface area contributed by atoms with Gasteiger partial charge in [-0.05, 0) is 26.2 Å². The molecule has 2 atom stereocenters. The Morgan fingerprint density at radius 2 is 2.11 bits per heavy atom. The van der Waals surface area contributed by atoms with Crippen molar-refractivity contribution < 1.29 is 14.3 Å².